The molecule has 3 heterocycles. The largest absolute Gasteiger partial charge is 0.456 e. The highest BCUT2D eigenvalue weighted by atomic mass is 32.1. The van der Waals surface area contributed by atoms with Crippen molar-refractivity contribution in [2.24, 2.45) is 0 Å². The standard InChI is InChI=1S/C18H21N3O2S/c1-5-8-21-11(2)9-14(13(21)4)15-10-24-18(19-15)20-17(22)16-7-6-12(3)23-16/h6-7,9-10H,5,8H2,1-4H3,(H,19,20,22). The van der Waals surface area contributed by atoms with Crippen molar-refractivity contribution in [3.8, 4) is 11.3 Å². The molecule has 6 heteroatoms. The van der Waals surface area contributed by atoms with Gasteiger partial charge in [-0.3, -0.25) is 10.1 Å². The van der Waals surface area contributed by atoms with Gasteiger partial charge in [0, 0.05) is 28.9 Å². The van der Waals surface area contributed by atoms with Gasteiger partial charge in [0.15, 0.2) is 10.9 Å². The maximum absolute atomic E-state index is 12.1. The number of nitrogens with one attached hydrogen (secondary N) is 1. The quantitative estimate of drug-likeness (QED) is 0.724. The van der Waals surface area contributed by atoms with Gasteiger partial charge >= 0.3 is 0 Å². The molecule has 0 aliphatic heterocycles. The Hall–Kier alpha value is -2.34. The first kappa shape index (κ1) is 16.5. The number of amides is 1. The molecule has 0 radical (unpaired) electrons. The van der Waals surface area contributed by atoms with Crippen molar-refractivity contribution in [2.45, 2.75) is 40.7 Å². The smallest absolute Gasteiger partial charge is 0.293 e. The molecule has 0 bridgehead atoms. The maximum atomic E-state index is 12.1. The summed E-state index contributed by atoms with van der Waals surface area (Å²) in [5.74, 6) is 0.731. The lowest BCUT2D eigenvalue weighted by atomic mass is 10.2. The summed E-state index contributed by atoms with van der Waals surface area (Å²) in [5.41, 5.74) is 4.45. The Morgan fingerprint density at radius 3 is 2.79 bits per heavy atom. The number of rotatable bonds is 5. The summed E-state index contributed by atoms with van der Waals surface area (Å²) in [6, 6.07) is 5.59. The third-order valence-corrected chi connectivity index (χ3v) is 4.74. The maximum Gasteiger partial charge on any atom is 0.293 e. The van der Waals surface area contributed by atoms with Crippen LogP contribution in [0.2, 0.25) is 0 Å². The fraction of sp³-hybridized carbons (Fsp3) is 0.333. The molecule has 3 aromatic rings. The van der Waals surface area contributed by atoms with Crippen LogP contribution in [0.4, 0.5) is 5.13 Å². The van der Waals surface area contributed by atoms with Crippen molar-refractivity contribution in [1.29, 1.82) is 0 Å². The number of aromatic nitrogens is 2. The number of carbonyl (C=O) groups excluding carboxylic acids is 1. The van der Waals surface area contributed by atoms with Gasteiger partial charge in [-0.2, -0.15) is 0 Å². The van der Waals surface area contributed by atoms with Gasteiger partial charge in [0.05, 0.1) is 5.69 Å². The fourth-order valence-corrected chi connectivity index (χ4v) is 3.50. The topological polar surface area (TPSA) is 60.1 Å². The number of hydrogen-bond donors (Lipinski definition) is 1. The van der Waals surface area contributed by atoms with Crippen molar-refractivity contribution < 1.29 is 9.21 Å². The van der Waals surface area contributed by atoms with Gasteiger partial charge in [0.25, 0.3) is 5.91 Å². The molecule has 1 amide bonds. The minimum atomic E-state index is -0.277. The van der Waals surface area contributed by atoms with Gasteiger partial charge in [0.2, 0.25) is 0 Å². The summed E-state index contributed by atoms with van der Waals surface area (Å²) in [7, 11) is 0. The van der Waals surface area contributed by atoms with Gasteiger partial charge in [-0.25, -0.2) is 4.98 Å². The van der Waals surface area contributed by atoms with Crippen LogP contribution >= 0.6 is 11.3 Å². The zero-order chi connectivity index (χ0) is 17.3. The minimum absolute atomic E-state index is 0.277. The number of hydrogen-bond acceptors (Lipinski definition) is 4. The first-order chi connectivity index (χ1) is 11.5. The molecule has 1 N–H and O–H groups in total. The van der Waals surface area contributed by atoms with E-state index in [2.05, 4.69) is 41.7 Å². The molecule has 0 fully saturated rings. The van der Waals surface area contributed by atoms with Crippen LogP contribution in [0, 0.1) is 20.8 Å². The van der Waals surface area contributed by atoms with E-state index in [1.54, 1.807) is 12.1 Å². The summed E-state index contributed by atoms with van der Waals surface area (Å²) in [5, 5.41) is 5.34. The molecule has 0 spiro atoms. The van der Waals surface area contributed by atoms with Gasteiger partial charge < -0.3 is 8.98 Å². The third-order valence-electron chi connectivity index (χ3n) is 3.99. The molecule has 0 atom stereocenters. The Bertz CT molecular complexity index is 873. The van der Waals surface area contributed by atoms with E-state index in [1.807, 2.05) is 12.3 Å². The zero-order valence-corrected chi connectivity index (χ0v) is 15.2. The lowest BCUT2D eigenvalue weighted by Gasteiger charge is -2.07. The van der Waals surface area contributed by atoms with Crippen molar-refractivity contribution in [3.63, 3.8) is 0 Å². The van der Waals surface area contributed by atoms with E-state index in [-0.39, 0.29) is 5.91 Å². The average molecular weight is 343 g/mol. The summed E-state index contributed by atoms with van der Waals surface area (Å²) < 4.78 is 7.64. The second-order valence-electron chi connectivity index (χ2n) is 5.84. The second-order valence-corrected chi connectivity index (χ2v) is 6.70. The molecule has 0 aliphatic carbocycles. The monoisotopic (exact) mass is 343 g/mol. The lowest BCUT2D eigenvalue weighted by molar-refractivity contribution is 0.0995. The third kappa shape index (κ3) is 3.14. The molecule has 0 unspecified atom stereocenters. The van der Waals surface area contributed by atoms with E-state index in [9.17, 15) is 4.79 Å². The predicted octanol–water partition coefficient (Wildman–Crippen LogP) is 4.79. The molecule has 0 aliphatic rings. The molecule has 0 saturated heterocycles. The second kappa shape index (κ2) is 6.65. The Balaban J connectivity index is 1.81. The van der Waals surface area contributed by atoms with Gasteiger partial charge in [-0.15, -0.1) is 11.3 Å². The first-order valence-electron chi connectivity index (χ1n) is 8.00. The van der Waals surface area contributed by atoms with Crippen LogP contribution in [0.15, 0.2) is 28.0 Å². The van der Waals surface area contributed by atoms with Crippen molar-refractivity contribution in [2.75, 3.05) is 5.32 Å². The molecule has 3 aromatic heterocycles. The molecular weight excluding hydrogens is 322 g/mol. The van der Waals surface area contributed by atoms with E-state index in [0.29, 0.717) is 16.7 Å². The number of carbonyl (C=O) groups is 1. The highest BCUT2D eigenvalue weighted by Crippen LogP contribution is 2.30. The highest BCUT2D eigenvalue weighted by Gasteiger charge is 2.16. The molecular formula is C18H21N3O2S. The summed E-state index contributed by atoms with van der Waals surface area (Å²) in [4.78, 5) is 16.7. The number of nitrogens with zero attached hydrogens (tertiary/aromatic N) is 2. The normalized spacial score (nSPS) is 11.0. The van der Waals surface area contributed by atoms with Crippen LogP contribution in [0.1, 0.15) is 41.0 Å². The number of anilines is 1. The lowest BCUT2D eigenvalue weighted by Crippen LogP contribution is -2.10. The summed E-state index contributed by atoms with van der Waals surface area (Å²) >= 11 is 1.42. The SMILES string of the molecule is CCCn1c(C)cc(-c2csc(NC(=O)c3ccc(C)o3)n2)c1C. The predicted molar refractivity (Wildman–Crippen MR) is 96.7 cm³/mol. The molecule has 0 aromatic carbocycles. The zero-order valence-electron chi connectivity index (χ0n) is 14.3. The summed E-state index contributed by atoms with van der Waals surface area (Å²) in [6.45, 7) is 9.21. The Labute approximate surface area is 145 Å². The van der Waals surface area contributed by atoms with Crippen LogP contribution in [-0.4, -0.2) is 15.5 Å². The average Bonchev–Trinajstić information content (AvgIpc) is 3.23. The van der Waals surface area contributed by atoms with Crippen LogP contribution in [0.25, 0.3) is 11.3 Å². The van der Waals surface area contributed by atoms with E-state index in [4.69, 9.17) is 4.42 Å². The van der Waals surface area contributed by atoms with Crippen molar-refractivity contribution >= 4 is 22.4 Å². The Kier molecular flexibility index (Phi) is 4.57. The first-order valence-corrected chi connectivity index (χ1v) is 8.88. The number of aryl methyl sites for hydroxylation is 2. The molecule has 0 saturated carbocycles. The fourth-order valence-electron chi connectivity index (χ4n) is 2.80. The van der Waals surface area contributed by atoms with Crippen LogP contribution in [0.5, 0.6) is 0 Å². The highest BCUT2D eigenvalue weighted by molar-refractivity contribution is 7.14. The van der Waals surface area contributed by atoms with Gasteiger partial charge in [-0.1, -0.05) is 6.92 Å². The van der Waals surface area contributed by atoms with Crippen LogP contribution < -0.4 is 5.32 Å². The van der Waals surface area contributed by atoms with E-state index in [0.717, 1.165) is 24.2 Å². The van der Waals surface area contributed by atoms with E-state index in [1.165, 1.54) is 22.7 Å². The minimum Gasteiger partial charge on any atom is -0.456 e. The van der Waals surface area contributed by atoms with E-state index >= 15 is 0 Å². The number of thiazole rings is 1. The van der Waals surface area contributed by atoms with Crippen molar-refractivity contribution in [3.05, 3.63) is 46.5 Å². The Morgan fingerprint density at radius 1 is 1.33 bits per heavy atom. The van der Waals surface area contributed by atoms with Crippen LogP contribution in [0.3, 0.4) is 0 Å². The molecule has 24 heavy (non-hydrogen) atoms. The van der Waals surface area contributed by atoms with Crippen LogP contribution in [-0.2, 0) is 6.54 Å². The van der Waals surface area contributed by atoms with Crippen molar-refractivity contribution in [1.82, 2.24) is 9.55 Å². The summed E-state index contributed by atoms with van der Waals surface area (Å²) in [6.07, 6.45) is 1.09. The number of furan rings is 1. The Morgan fingerprint density at radius 2 is 2.12 bits per heavy atom. The molecule has 126 valence electrons. The van der Waals surface area contributed by atoms with E-state index < -0.39 is 0 Å². The van der Waals surface area contributed by atoms with Gasteiger partial charge in [-0.05, 0) is 45.4 Å². The van der Waals surface area contributed by atoms with Gasteiger partial charge in [0.1, 0.15) is 5.76 Å². The molecule has 5 nitrogen and oxygen atoms in total. The molecule has 3 rings (SSSR count).